The first kappa shape index (κ1) is 14.4. The number of benzene rings is 2. The Bertz CT molecular complexity index is 809. The number of imidazole rings is 1. The summed E-state index contributed by atoms with van der Waals surface area (Å²) in [5.74, 6) is 0.895. The number of hydrogen-bond acceptors (Lipinski definition) is 2. The molecule has 5 heteroatoms. The molecule has 2 N–H and O–H groups in total. The highest BCUT2D eigenvalue weighted by atomic mass is 35.5. The van der Waals surface area contributed by atoms with Crippen molar-refractivity contribution in [2.24, 2.45) is 5.73 Å². The van der Waals surface area contributed by atoms with Crippen LogP contribution in [-0.4, -0.2) is 16.1 Å². The number of aromatic nitrogens is 2. The minimum Gasteiger partial charge on any atom is -0.329 e. The van der Waals surface area contributed by atoms with Crippen LogP contribution < -0.4 is 5.73 Å². The molecule has 0 saturated carbocycles. The Kier molecular flexibility index (Phi) is 3.89. The van der Waals surface area contributed by atoms with E-state index >= 15 is 0 Å². The monoisotopic (exact) mass is 319 g/mol. The molecule has 21 heavy (non-hydrogen) atoms. The lowest BCUT2D eigenvalue weighted by Crippen LogP contribution is -2.11. The smallest absolute Gasteiger partial charge is 0.141 e. The second-order valence-corrected chi connectivity index (χ2v) is 5.76. The number of fused-ring (bicyclic) bond motifs is 1. The first-order chi connectivity index (χ1) is 10.1. The molecular weight excluding hydrogens is 305 g/mol. The molecule has 0 amide bonds. The van der Waals surface area contributed by atoms with Gasteiger partial charge in [-0.2, -0.15) is 0 Å². The van der Waals surface area contributed by atoms with Gasteiger partial charge in [-0.25, -0.2) is 4.98 Å². The quantitative estimate of drug-likeness (QED) is 0.783. The molecule has 0 atom stereocenters. The summed E-state index contributed by atoms with van der Waals surface area (Å²) in [6.07, 6.45) is 0. The summed E-state index contributed by atoms with van der Waals surface area (Å²) in [7, 11) is 0. The lowest BCUT2D eigenvalue weighted by Gasteiger charge is -2.10. The van der Waals surface area contributed by atoms with Crippen molar-refractivity contribution in [3.63, 3.8) is 0 Å². The summed E-state index contributed by atoms with van der Waals surface area (Å²) in [4.78, 5) is 4.73. The van der Waals surface area contributed by atoms with E-state index in [9.17, 15) is 0 Å². The molecule has 108 valence electrons. The lowest BCUT2D eigenvalue weighted by molar-refractivity contribution is 0.735. The van der Waals surface area contributed by atoms with Gasteiger partial charge in [0.1, 0.15) is 5.82 Å². The normalized spacial score (nSPS) is 11.2. The minimum absolute atomic E-state index is 0.512. The van der Waals surface area contributed by atoms with Gasteiger partial charge in [-0.15, -0.1) is 0 Å². The summed E-state index contributed by atoms with van der Waals surface area (Å²) in [5.41, 5.74) is 9.80. The van der Waals surface area contributed by atoms with Crippen LogP contribution in [0.15, 0.2) is 36.4 Å². The Hall–Kier alpha value is -1.55. The number of halogens is 2. The van der Waals surface area contributed by atoms with E-state index in [0.29, 0.717) is 23.1 Å². The standard InChI is InChI=1S/C16H15Cl2N3/c1-10-4-2-3-5-11(10)16-20-14-8-12(17)13(18)9-15(14)21(16)7-6-19/h2-5,8-9H,6-7,19H2,1H3. The van der Waals surface area contributed by atoms with E-state index in [4.69, 9.17) is 33.9 Å². The van der Waals surface area contributed by atoms with E-state index in [0.717, 1.165) is 22.4 Å². The third kappa shape index (κ3) is 2.53. The highest BCUT2D eigenvalue weighted by molar-refractivity contribution is 6.42. The number of hydrogen-bond donors (Lipinski definition) is 1. The van der Waals surface area contributed by atoms with Crippen molar-refractivity contribution in [3.8, 4) is 11.4 Å². The molecular formula is C16H15Cl2N3. The second-order valence-electron chi connectivity index (χ2n) is 4.95. The van der Waals surface area contributed by atoms with E-state index in [1.54, 1.807) is 6.07 Å². The fourth-order valence-corrected chi connectivity index (χ4v) is 2.82. The van der Waals surface area contributed by atoms with Crippen LogP contribution in [-0.2, 0) is 6.54 Å². The number of nitrogens with two attached hydrogens (primary N) is 1. The van der Waals surface area contributed by atoms with Crippen LogP contribution in [0.5, 0.6) is 0 Å². The van der Waals surface area contributed by atoms with Gasteiger partial charge in [-0.05, 0) is 24.6 Å². The molecule has 1 aromatic heterocycles. The molecule has 2 aromatic carbocycles. The molecule has 0 aliphatic carbocycles. The largest absolute Gasteiger partial charge is 0.329 e. The van der Waals surface area contributed by atoms with Crippen LogP contribution in [0, 0.1) is 6.92 Å². The Labute approximate surface area is 133 Å². The van der Waals surface area contributed by atoms with E-state index in [2.05, 4.69) is 23.6 Å². The van der Waals surface area contributed by atoms with Crippen LogP contribution >= 0.6 is 23.2 Å². The SMILES string of the molecule is Cc1ccccc1-c1nc2cc(Cl)c(Cl)cc2n1CCN. The summed E-state index contributed by atoms with van der Waals surface area (Å²) < 4.78 is 2.10. The zero-order valence-electron chi connectivity index (χ0n) is 11.6. The molecule has 0 saturated heterocycles. The summed E-state index contributed by atoms with van der Waals surface area (Å²) in [6.45, 7) is 3.28. The summed E-state index contributed by atoms with van der Waals surface area (Å²) in [6, 6.07) is 11.8. The topological polar surface area (TPSA) is 43.8 Å². The van der Waals surface area contributed by atoms with E-state index in [1.807, 2.05) is 18.2 Å². The van der Waals surface area contributed by atoms with Crippen LogP contribution in [0.1, 0.15) is 5.56 Å². The zero-order valence-corrected chi connectivity index (χ0v) is 13.1. The average molecular weight is 320 g/mol. The maximum absolute atomic E-state index is 6.14. The van der Waals surface area contributed by atoms with Crippen LogP contribution in [0.25, 0.3) is 22.4 Å². The molecule has 0 bridgehead atoms. The predicted molar refractivity (Wildman–Crippen MR) is 89.0 cm³/mol. The summed E-state index contributed by atoms with van der Waals surface area (Å²) in [5, 5.41) is 1.04. The van der Waals surface area contributed by atoms with Gasteiger partial charge in [0.2, 0.25) is 0 Å². The molecule has 3 rings (SSSR count). The Morgan fingerprint density at radius 3 is 2.57 bits per heavy atom. The van der Waals surface area contributed by atoms with Gasteiger partial charge >= 0.3 is 0 Å². The maximum atomic E-state index is 6.14. The molecule has 0 spiro atoms. The average Bonchev–Trinajstić information content (AvgIpc) is 2.79. The van der Waals surface area contributed by atoms with Crippen molar-refractivity contribution < 1.29 is 0 Å². The van der Waals surface area contributed by atoms with Gasteiger partial charge in [0, 0.05) is 18.7 Å². The van der Waals surface area contributed by atoms with Crippen LogP contribution in [0.4, 0.5) is 0 Å². The van der Waals surface area contributed by atoms with E-state index in [-0.39, 0.29) is 0 Å². The molecule has 0 fully saturated rings. The highest BCUT2D eigenvalue weighted by Gasteiger charge is 2.15. The maximum Gasteiger partial charge on any atom is 0.141 e. The zero-order chi connectivity index (χ0) is 15.0. The van der Waals surface area contributed by atoms with Gasteiger partial charge in [0.05, 0.1) is 21.1 Å². The molecule has 0 unspecified atom stereocenters. The predicted octanol–water partition coefficient (Wildman–Crippen LogP) is 4.28. The van der Waals surface area contributed by atoms with Crippen molar-refractivity contribution in [1.29, 1.82) is 0 Å². The third-order valence-electron chi connectivity index (χ3n) is 3.53. The molecule has 0 aliphatic rings. The summed E-state index contributed by atoms with van der Waals surface area (Å²) >= 11 is 12.2. The van der Waals surface area contributed by atoms with Crippen molar-refractivity contribution in [3.05, 3.63) is 52.0 Å². The number of rotatable bonds is 3. The van der Waals surface area contributed by atoms with Crippen molar-refractivity contribution in [2.75, 3.05) is 6.54 Å². The number of nitrogens with zero attached hydrogens (tertiary/aromatic N) is 2. The number of aryl methyl sites for hydroxylation is 1. The lowest BCUT2D eigenvalue weighted by atomic mass is 10.1. The molecule has 1 heterocycles. The van der Waals surface area contributed by atoms with Gasteiger partial charge < -0.3 is 10.3 Å². The first-order valence-corrected chi connectivity index (χ1v) is 7.48. The first-order valence-electron chi connectivity index (χ1n) is 6.73. The van der Waals surface area contributed by atoms with Gasteiger partial charge in [0.25, 0.3) is 0 Å². The molecule has 0 aliphatic heterocycles. The molecule has 3 nitrogen and oxygen atoms in total. The van der Waals surface area contributed by atoms with Crippen LogP contribution in [0.3, 0.4) is 0 Å². The third-order valence-corrected chi connectivity index (χ3v) is 4.25. The van der Waals surface area contributed by atoms with Crippen molar-refractivity contribution in [2.45, 2.75) is 13.5 Å². The van der Waals surface area contributed by atoms with Gasteiger partial charge in [-0.3, -0.25) is 0 Å². The van der Waals surface area contributed by atoms with Crippen molar-refractivity contribution in [1.82, 2.24) is 9.55 Å². The Morgan fingerprint density at radius 1 is 1.14 bits per heavy atom. The fourth-order valence-electron chi connectivity index (χ4n) is 2.50. The fraction of sp³-hybridized carbons (Fsp3) is 0.188. The van der Waals surface area contributed by atoms with E-state index in [1.165, 1.54) is 5.56 Å². The minimum atomic E-state index is 0.512. The van der Waals surface area contributed by atoms with Gasteiger partial charge in [-0.1, -0.05) is 47.5 Å². The van der Waals surface area contributed by atoms with Crippen LogP contribution in [0.2, 0.25) is 10.0 Å². The van der Waals surface area contributed by atoms with E-state index < -0.39 is 0 Å². The van der Waals surface area contributed by atoms with Gasteiger partial charge in [0.15, 0.2) is 0 Å². The highest BCUT2D eigenvalue weighted by Crippen LogP contribution is 2.32. The molecule has 3 aromatic rings. The second kappa shape index (κ2) is 5.68. The Morgan fingerprint density at radius 2 is 1.86 bits per heavy atom. The molecule has 0 radical (unpaired) electrons. The Balaban J connectivity index is 2.32. The van der Waals surface area contributed by atoms with Crippen molar-refractivity contribution >= 4 is 34.2 Å².